The van der Waals surface area contributed by atoms with Gasteiger partial charge in [-0.1, -0.05) is 26.0 Å². The van der Waals surface area contributed by atoms with Crippen molar-refractivity contribution in [2.75, 3.05) is 27.2 Å². The van der Waals surface area contributed by atoms with Crippen molar-refractivity contribution in [1.29, 1.82) is 0 Å². The van der Waals surface area contributed by atoms with Crippen LogP contribution < -0.4 is 10.1 Å². The second kappa shape index (κ2) is 9.80. The second-order valence-corrected chi connectivity index (χ2v) is 6.42. The lowest BCUT2D eigenvalue weighted by molar-refractivity contribution is 0.313. The Morgan fingerprint density at radius 2 is 1.95 bits per heavy atom. The number of rotatable bonds is 10. The average Bonchev–Trinajstić information content (AvgIpc) is 2.45. The highest BCUT2D eigenvalue weighted by molar-refractivity contribution is 5.28. The van der Waals surface area contributed by atoms with Gasteiger partial charge in [0.2, 0.25) is 0 Å². The molecule has 0 aliphatic heterocycles. The summed E-state index contributed by atoms with van der Waals surface area (Å²) in [5.74, 6) is 1.73. The largest absolute Gasteiger partial charge is 0.497 e. The van der Waals surface area contributed by atoms with Crippen LogP contribution in [0.2, 0.25) is 0 Å². The first-order valence-corrected chi connectivity index (χ1v) is 8.06. The van der Waals surface area contributed by atoms with Crippen LogP contribution in [-0.4, -0.2) is 38.2 Å². The Morgan fingerprint density at radius 1 is 1.19 bits per heavy atom. The van der Waals surface area contributed by atoms with Crippen molar-refractivity contribution < 1.29 is 4.74 Å². The van der Waals surface area contributed by atoms with Gasteiger partial charge in [-0.2, -0.15) is 0 Å². The van der Waals surface area contributed by atoms with Crippen molar-refractivity contribution >= 4 is 0 Å². The summed E-state index contributed by atoms with van der Waals surface area (Å²) < 4.78 is 5.26. The number of hydrogen-bond donors (Lipinski definition) is 1. The Bertz CT molecular complexity index is 393. The zero-order chi connectivity index (χ0) is 15.7. The minimum atomic E-state index is 0.609. The Balaban J connectivity index is 2.22. The SMILES string of the molecule is COc1cccc(CN(C)CCNC(C)CCC(C)C)c1. The van der Waals surface area contributed by atoms with Crippen molar-refractivity contribution in [3.8, 4) is 5.75 Å². The maximum atomic E-state index is 5.26. The number of nitrogens with zero attached hydrogens (tertiary/aromatic N) is 1. The van der Waals surface area contributed by atoms with E-state index in [9.17, 15) is 0 Å². The number of ether oxygens (including phenoxy) is 1. The van der Waals surface area contributed by atoms with Crippen molar-refractivity contribution in [2.45, 2.75) is 46.2 Å². The molecule has 0 spiro atoms. The topological polar surface area (TPSA) is 24.5 Å². The molecule has 1 N–H and O–H groups in total. The van der Waals surface area contributed by atoms with Gasteiger partial charge >= 0.3 is 0 Å². The third kappa shape index (κ3) is 8.08. The minimum Gasteiger partial charge on any atom is -0.497 e. The number of likely N-dealkylation sites (N-methyl/N-ethyl adjacent to an activating group) is 1. The first-order chi connectivity index (χ1) is 10.0. The molecule has 3 heteroatoms. The van der Waals surface area contributed by atoms with Gasteiger partial charge in [0.05, 0.1) is 7.11 Å². The average molecular weight is 292 g/mol. The lowest BCUT2D eigenvalue weighted by Crippen LogP contribution is -2.34. The third-order valence-electron chi connectivity index (χ3n) is 3.75. The highest BCUT2D eigenvalue weighted by Gasteiger charge is 2.05. The molecule has 1 atom stereocenters. The predicted octanol–water partition coefficient (Wildman–Crippen LogP) is 3.54. The van der Waals surface area contributed by atoms with E-state index in [1.165, 1.54) is 18.4 Å². The highest BCUT2D eigenvalue weighted by Crippen LogP contribution is 2.13. The van der Waals surface area contributed by atoms with E-state index in [-0.39, 0.29) is 0 Å². The third-order valence-corrected chi connectivity index (χ3v) is 3.75. The van der Waals surface area contributed by atoms with Crippen LogP contribution in [0, 0.1) is 5.92 Å². The van der Waals surface area contributed by atoms with E-state index < -0.39 is 0 Å². The van der Waals surface area contributed by atoms with Crippen molar-refractivity contribution in [2.24, 2.45) is 5.92 Å². The Kier molecular flexibility index (Phi) is 8.40. The normalized spacial score (nSPS) is 12.9. The highest BCUT2D eigenvalue weighted by atomic mass is 16.5. The minimum absolute atomic E-state index is 0.609. The molecule has 0 radical (unpaired) electrons. The van der Waals surface area contributed by atoms with Gasteiger partial charge < -0.3 is 15.0 Å². The quantitative estimate of drug-likeness (QED) is 0.714. The molecule has 0 aliphatic carbocycles. The summed E-state index contributed by atoms with van der Waals surface area (Å²) in [7, 11) is 3.88. The first-order valence-electron chi connectivity index (χ1n) is 8.06. The zero-order valence-electron chi connectivity index (χ0n) is 14.4. The van der Waals surface area contributed by atoms with Crippen LogP contribution in [0.3, 0.4) is 0 Å². The summed E-state index contributed by atoms with van der Waals surface area (Å²) in [6, 6.07) is 8.90. The van der Waals surface area contributed by atoms with Gasteiger partial charge in [0.25, 0.3) is 0 Å². The second-order valence-electron chi connectivity index (χ2n) is 6.42. The van der Waals surface area contributed by atoms with Crippen LogP contribution >= 0.6 is 0 Å². The summed E-state index contributed by atoms with van der Waals surface area (Å²) in [6.45, 7) is 9.91. The van der Waals surface area contributed by atoms with Gasteiger partial charge in [-0.3, -0.25) is 0 Å². The van der Waals surface area contributed by atoms with Crippen LogP contribution in [0.15, 0.2) is 24.3 Å². The number of hydrogen-bond acceptors (Lipinski definition) is 3. The fourth-order valence-corrected chi connectivity index (χ4v) is 2.35. The molecular weight excluding hydrogens is 260 g/mol. The molecule has 0 heterocycles. The number of methoxy groups -OCH3 is 1. The molecule has 1 rings (SSSR count). The zero-order valence-corrected chi connectivity index (χ0v) is 14.4. The van der Waals surface area contributed by atoms with E-state index >= 15 is 0 Å². The summed E-state index contributed by atoms with van der Waals surface area (Å²) in [6.07, 6.45) is 2.56. The Labute approximate surface area is 130 Å². The van der Waals surface area contributed by atoms with E-state index in [0.29, 0.717) is 6.04 Å². The standard InChI is InChI=1S/C18H32N2O/c1-15(2)9-10-16(3)19-11-12-20(4)14-17-7-6-8-18(13-17)21-5/h6-8,13,15-16,19H,9-12,14H2,1-5H3. The number of nitrogens with one attached hydrogen (secondary N) is 1. The predicted molar refractivity (Wildman–Crippen MR) is 90.9 cm³/mol. The Hall–Kier alpha value is -1.06. The summed E-state index contributed by atoms with van der Waals surface area (Å²) in [5, 5.41) is 3.61. The van der Waals surface area contributed by atoms with E-state index in [1.54, 1.807) is 7.11 Å². The first kappa shape index (κ1) is 18.0. The molecule has 0 fully saturated rings. The fraction of sp³-hybridized carbons (Fsp3) is 0.667. The van der Waals surface area contributed by atoms with Crippen molar-refractivity contribution in [3.63, 3.8) is 0 Å². The maximum Gasteiger partial charge on any atom is 0.119 e. The van der Waals surface area contributed by atoms with E-state index in [0.717, 1.165) is 31.3 Å². The molecule has 0 amide bonds. The summed E-state index contributed by atoms with van der Waals surface area (Å²) in [5.41, 5.74) is 1.30. The van der Waals surface area contributed by atoms with E-state index in [4.69, 9.17) is 4.74 Å². The van der Waals surface area contributed by atoms with Crippen LogP contribution in [0.1, 0.15) is 39.2 Å². The van der Waals surface area contributed by atoms with Gasteiger partial charge in [-0.05, 0) is 50.4 Å². The molecule has 1 unspecified atom stereocenters. The number of benzene rings is 1. The smallest absolute Gasteiger partial charge is 0.119 e. The van der Waals surface area contributed by atoms with Crippen LogP contribution in [-0.2, 0) is 6.54 Å². The van der Waals surface area contributed by atoms with E-state index in [1.807, 2.05) is 12.1 Å². The van der Waals surface area contributed by atoms with Gasteiger partial charge in [0.1, 0.15) is 5.75 Å². The molecule has 3 nitrogen and oxygen atoms in total. The van der Waals surface area contributed by atoms with Crippen LogP contribution in [0.4, 0.5) is 0 Å². The molecule has 120 valence electrons. The summed E-state index contributed by atoms with van der Waals surface area (Å²) in [4.78, 5) is 2.34. The van der Waals surface area contributed by atoms with Gasteiger partial charge in [0, 0.05) is 25.7 Å². The van der Waals surface area contributed by atoms with Crippen LogP contribution in [0.5, 0.6) is 5.75 Å². The lowest BCUT2D eigenvalue weighted by Gasteiger charge is -2.20. The van der Waals surface area contributed by atoms with E-state index in [2.05, 4.69) is 50.2 Å². The van der Waals surface area contributed by atoms with Gasteiger partial charge in [-0.25, -0.2) is 0 Å². The molecule has 21 heavy (non-hydrogen) atoms. The van der Waals surface area contributed by atoms with Crippen molar-refractivity contribution in [3.05, 3.63) is 29.8 Å². The van der Waals surface area contributed by atoms with Crippen molar-refractivity contribution in [1.82, 2.24) is 10.2 Å². The molecule has 1 aromatic rings. The monoisotopic (exact) mass is 292 g/mol. The molecule has 0 saturated heterocycles. The fourth-order valence-electron chi connectivity index (χ4n) is 2.35. The Morgan fingerprint density at radius 3 is 2.62 bits per heavy atom. The molecule has 0 saturated carbocycles. The van der Waals surface area contributed by atoms with Gasteiger partial charge in [0.15, 0.2) is 0 Å². The van der Waals surface area contributed by atoms with Crippen LogP contribution in [0.25, 0.3) is 0 Å². The molecule has 1 aromatic carbocycles. The molecule has 0 bridgehead atoms. The van der Waals surface area contributed by atoms with Gasteiger partial charge in [-0.15, -0.1) is 0 Å². The molecule has 0 aliphatic rings. The molecule has 0 aromatic heterocycles. The maximum absolute atomic E-state index is 5.26. The molecular formula is C18H32N2O. The lowest BCUT2D eigenvalue weighted by atomic mass is 10.0. The summed E-state index contributed by atoms with van der Waals surface area (Å²) >= 11 is 0.